The van der Waals surface area contributed by atoms with E-state index in [2.05, 4.69) is 88.7 Å². The van der Waals surface area contributed by atoms with E-state index in [1.54, 1.807) is 0 Å². The van der Waals surface area contributed by atoms with Gasteiger partial charge in [-0.3, -0.25) is 9.98 Å². The summed E-state index contributed by atoms with van der Waals surface area (Å²) in [6.45, 7) is 0. The molecule has 0 spiro atoms. The number of aromatic nitrogens is 2. The van der Waals surface area contributed by atoms with Gasteiger partial charge in [-0.1, -0.05) is 84.9 Å². The third-order valence-electron chi connectivity index (χ3n) is 7.19. The van der Waals surface area contributed by atoms with Gasteiger partial charge in [0.25, 0.3) is 0 Å². The summed E-state index contributed by atoms with van der Waals surface area (Å²) in [5.41, 5.74) is 6.22. The molecule has 0 radical (unpaired) electrons. The van der Waals surface area contributed by atoms with Crippen LogP contribution in [0.25, 0.3) is 49.3 Å². The van der Waals surface area contributed by atoms with E-state index in [0.29, 0.717) is 5.84 Å². The second-order valence-electron chi connectivity index (χ2n) is 9.33. The summed E-state index contributed by atoms with van der Waals surface area (Å²) in [7, 11) is 1.84. The van der Waals surface area contributed by atoms with Crippen LogP contribution in [-0.4, -0.2) is 28.0 Å². The van der Waals surface area contributed by atoms with Crippen LogP contribution in [0.3, 0.4) is 0 Å². The van der Waals surface area contributed by atoms with E-state index in [1.165, 1.54) is 10.8 Å². The summed E-state index contributed by atoms with van der Waals surface area (Å²) in [4.78, 5) is 4.76. The molecule has 5 heteroatoms. The van der Waals surface area contributed by atoms with E-state index < -0.39 is 0 Å². The van der Waals surface area contributed by atoms with E-state index in [9.17, 15) is 0 Å². The minimum absolute atomic E-state index is 0.158. The summed E-state index contributed by atoms with van der Waals surface area (Å²) in [5.74, 6) is 0.812. The maximum atomic E-state index is 9.16. The van der Waals surface area contributed by atoms with Gasteiger partial charge in [0.05, 0.1) is 22.1 Å². The number of hydrogen-bond donors (Lipinski definition) is 2. The zero-order chi connectivity index (χ0) is 25.6. The standard InChI is InChI=1S/C33H25N5/c1-35-32(22-12-4-2-5-13-22)36-33(34)38-29-19-11-9-17-25(29)27-20-26-24-16-8-10-18-28(24)37(30(26)21-31(27)38)23-14-6-3-7-15-23/h2-21H,1H3,(H2,34,35,36). The molecule has 0 fully saturated rings. The lowest BCUT2D eigenvalue weighted by Gasteiger charge is -2.10. The Morgan fingerprint density at radius 3 is 1.89 bits per heavy atom. The van der Waals surface area contributed by atoms with Crippen molar-refractivity contribution in [1.82, 2.24) is 14.5 Å². The highest BCUT2D eigenvalue weighted by atomic mass is 15.2. The quantitative estimate of drug-likeness (QED) is 0.193. The van der Waals surface area contributed by atoms with Crippen LogP contribution < -0.4 is 5.32 Å². The lowest BCUT2D eigenvalue weighted by atomic mass is 10.1. The van der Waals surface area contributed by atoms with Crippen molar-refractivity contribution in [2.45, 2.75) is 0 Å². The van der Waals surface area contributed by atoms with Crippen molar-refractivity contribution in [1.29, 1.82) is 5.41 Å². The van der Waals surface area contributed by atoms with Gasteiger partial charge in [-0.25, -0.2) is 0 Å². The number of hydrogen-bond acceptors (Lipinski definition) is 1. The second kappa shape index (κ2) is 8.75. The van der Waals surface area contributed by atoms with E-state index >= 15 is 0 Å². The summed E-state index contributed by atoms with van der Waals surface area (Å²) < 4.78 is 4.26. The molecule has 7 rings (SSSR count). The van der Waals surface area contributed by atoms with Crippen LogP contribution in [0.15, 0.2) is 126 Å². The first-order valence-corrected chi connectivity index (χ1v) is 12.7. The number of nitrogens with one attached hydrogen (secondary N) is 2. The molecule has 2 aromatic heterocycles. The van der Waals surface area contributed by atoms with E-state index in [-0.39, 0.29) is 5.96 Å². The molecule has 2 heterocycles. The molecule has 0 bridgehead atoms. The smallest absolute Gasteiger partial charge is 0.229 e. The van der Waals surface area contributed by atoms with Crippen LogP contribution in [0.4, 0.5) is 0 Å². The Balaban J connectivity index is 1.56. The number of benzene rings is 5. The fourth-order valence-electron chi connectivity index (χ4n) is 5.53. The minimum atomic E-state index is 0.158. The Kier molecular flexibility index (Phi) is 5.08. The predicted octanol–water partition coefficient (Wildman–Crippen LogP) is 7.34. The van der Waals surface area contributed by atoms with Gasteiger partial charge in [0.1, 0.15) is 5.84 Å². The fraction of sp³-hybridized carbons (Fsp3) is 0.0303. The minimum Gasteiger partial charge on any atom is -0.373 e. The molecule has 0 unspecified atom stereocenters. The number of amidine groups is 1. The molecule has 2 N–H and O–H groups in total. The molecule has 38 heavy (non-hydrogen) atoms. The molecular formula is C33H25N5. The fourth-order valence-corrected chi connectivity index (χ4v) is 5.53. The van der Waals surface area contributed by atoms with Crippen molar-refractivity contribution in [3.63, 3.8) is 0 Å². The number of aliphatic imine (C=N–C) groups is 1. The first kappa shape index (κ1) is 22.1. The molecule has 0 amide bonds. The maximum Gasteiger partial charge on any atom is 0.229 e. The molecule has 0 atom stereocenters. The van der Waals surface area contributed by atoms with Gasteiger partial charge in [-0.2, -0.15) is 4.99 Å². The number of rotatable bonds is 2. The molecule has 0 saturated carbocycles. The van der Waals surface area contributed by atoms with Gasteiger partial charge in [0, 0.05) is 39.8 Å². The van der Waals surface area contributed by atoms with Gasteiger partial charge in [-0.05, 0) is 36.4 Å². The molecule has 5 aromatic carbocycles. The first-order valence-electron chi connectivity index (χ1n) is 12.7. The Bertz CT molecular complexity index is 2010. The van der Waals surface area contributed by atoms with Crippen molar-refractivity contribution in [3.05, 3.63) is 127 Å². The Morgan fingerprint density at radius 2 is 1.18 bits per heavy atom. The predicted molar refractivity (Wildman–Crippen MR) is 159 cm³/mol. The van der Waals surface area contributed by atoms with Crippen LogP contribution >= 0.6 is 0 Å². The number of para-hydroxylation sites is 3. The Labute approximate surface area is 219 Å². The van der Waals surface area contributed by atoms with Gasteiger partial charge in [-0.15, -0.1) is 0 Å². The molecular weight excluding hydrogens is 466 g/mol. The molecule has 0 saturated heterocycles. The third kappa shape index (κ3) is 3.33. The maximum absolute atomic E-state index is 9.16. The van der Waals surface area contributed by atoms with E-state index in [0.717, 1.165) is 44.1 Å². The molecule has 0 aliphatic rings. The molecule has 0 aliphatic carbocycles. The van der Waals surface area contributed by atoms with Crippen molar-refractivity contribution >= 4 is 55.4 Å². The lowest BCUT2D eigenvalue weighted by molar-refractivity contribution is 1.13. The van der Waals surface area contributed by atoms with Crippen LogP contribution in [0.2, 0.25) is 0 Å². The average Bonchev–Trinajstić information content (AvgIpc) is 3.48. The Morgan fingerprint density at radius 1 is 0.605 bits per heavy atom. The van der Waals surface area contributed by atoms with Gasteiger partial charge >= 0.3 is 0 Å². The zero-order valence-electron chi connectivity index (χ0n) is 20.9. The summed E-state index contributed by atoms with van der Waals surface area (Å²) in [6.07, 6.45) is 0. The van der Waals surface area contributed by atoms with Crippen LogP contribution in [0.1, 0.15) is 5.56 Å². The van der Waals surface area contributed by atoms with Gasteiger partial charge in [0.15, 0.2) is 0 Å². The summed E-state index contributed by atoms with van der Waals surface area (Å²) >= 11 is 0. The van der Waals surface area contributed by atoms with E-state index in [1.807, 2.05) is 54.1 Å². The van der Waals surface area contributed by atoms with Crippen LogP contribution in [0.5, 0.6) is 0 Å². The monoisotopic (exact) mass is 491 g/mol. The first-order chi connectivity index (χ1) is 18.7. The van der Waals surface area contributed by atoms with E-state index in [4.69, 9.17) is 10.4 Å². The highest BCUT2D eigenvalue weighted by Crippen LogP contribution is 2.38. The highest BCUT2D eigenvalue weighted by molar-refractivity contribution is 6.21. The van der Waals surface area contributed by atoms with Crippen LogP contribution in [-0.2, 0) is 0 Å². The van der Waals surface area contributed by atoms with Crippen molar-refractivity contribution < 1.29 is 0 Å². The third-order valence-corrected chi connectivity index (χ3v) is 7.19. The topological polar surface area (TPSA) is 58.1 Å². The van der Waals surface area contributed by atoms with Gasteiger partial charge in [0.2, 0.25) is 5.96 Å². The van der Waals surface area contributed by atoms with Crippen molar-refractivity contribution in [2.24, 2.45) is 4.99 Å². The molecule has 7 aromatic rings. The van der Waals surface area contributed by atoms with Crippen molar-refractivity contribution in [2.75, 3.05) is 7.05 Å². The lowest BCUT2D eigenvalue weighted by Crippen LogP contribution is -2.22. The normalized spacial score (nSPS) is 12.1. The second-order valence-corrected chi connectivity index (χ2v) is 9.33. The number of fused-ring (bicyclic) bond motifs is 6. The van der Waals surface area contributed by atoms with Crippen LogP contribution in [0, 0.1) is 5.41 Å². The molecule has 182 valence electrons. The Hall–Kier alpha value is -5.16. The summed E-state index contributed by atoms with van der Waals surface area (Å²) in [5, 5.41) is 16.9. The van der Waals surface area contributed by atoms with Gasteiger partial charge < -0.3 is 9.88 Å². The zero-order valence-corrected chi connectivity index (χ0v) is 20.9. The SMILES string of the molecule is CNC(=NC(=N)n1c2ccccc2c2cc3c4ccccc4n(-c4ccccc4)c3cc21)c1ccccc1. The van der Waals surface area contributed by atoms with Crippen molar-refractivity contribution in [3.8, 4) is 5.69 Å². The average molecular weight is 492 g/mol. The highest BCUT2D eigenvalue weighted by Gasteiger charge is 2.19. The molecule has 5 nitrogen and oxygen atoms in total. The largest absolute Gasteiger partial charge is 0.373 e. The summed E-state index contributed by atoms with van der Waals surface area (Å²) in [6, 6.07) is 41.7. The molecule has 0 aliphatic heterocycles. The number of nitrogens with zero attached hydrogens (tertiary/aromatic N) is 3.